The summed E-state index contributed by atoms with van der Waals surface area (Å²) in [6.45, 7) is 0.0384. The van der Waals surface area contributed by atoms with E-state index in [0.717, 1.165) is 5.01 Å². The van der Waals surface area contributed by atoms with Crippen molar-refractivity contribution in [2.24, 2.45) is 0 Å². The highest BCUT2D eigenvalue weighted by atomic mass is 16.5. The summed E-state index contributed by atoms with van der Waals surface area (Å²) in [5.41, 5.74) is 0.0434. The number of carbonyl (C=O) groups excluding carboxylic acids is 1. The maximum atomic E-state index is 11.9. The van der Waals surface area contributed by atoms with Crippen molar-refractivity contribution in [3.05, 3.63) is 57.4 Å². The van der Waals surface area contributed by atoms with Crippen LogP contribution < -0.4 is 15.5 Å². The minimum atomic E-state index is -0.643. The fourth-order valence-electron chi connectivity index (χ4n) is 1.72. The number of carbonyl (C=O) groups is 1. The van der Waals surface area contributed by atoms with Gasteiger partial charge in [0.15, 0.2) is 5.75 Å². The molecule has 0 fully saturated rings. The van der Waals surface area contributed by atoms with Crippen molar-refractivity contribution >= 4 is 6.03 Å². The number of nitrogens with one attached hydrogen (secondary N) is 2. The molecular formula is C13H14N5O4+. The number of aromatic amines is 1. The number of methoxy groups -OCH3 is 1. The predicted octanol–water partition coefficient (Wildman–Crippen LogP) is 1.46. The van der Waals surface area contributed by atoms with Gasteiger partial charge in [-0.25, -0.2) is 4.79 Å². The van der Waals surface area contributed by atoms with Crippen LogP contribution in [-0.2, 0) is 13.1 Å². The number of urea groups is 1. The molecule has 0 saturated heterocycles. The Morgan fingerprint density at radius 1 is 1.59 bits per heavy atom. The van der Waals surface area contributed by atoms with Crippen LogP contribution in [0.2, 0.25) is 0 Å². The zero-order valence-corrected chi connectivity index (χ0v) is 11.8. The van der Waals surface area contributed by atoms with E-state index in [1.165, 1.54) is 25.6 Å². The summed E-state index contributed by atoms with van der Waals surface area (Å²) in [5, 5.41) is 15.1. The van der Waals surface area contributed by atoms with Crippen LogP contribution in [0.3, 0.4) is 0 Å². The molecular weight excluding hydrogens is 290 g/mol. The normalized spacial score (nSPS) is 9.82. The van der Waals surface area contributed by atoms with Gasteiger partial charge in [0.05, 0.1) is 24.9 Å². The molecule has 0 bridgehead atoms. The average molecular weight is 304 g/mol. The summed E-state index contributed by atoms with van der Waals surface area (Å²) in [6.07, 6.45) is 2.85. The molecule has 0 aliphatic heterocycles. The van der Waals surface area contributed by atoms with Gasteiger partial charge >= 0.3 is 11.1 Å². The zero-order chi connectivity index (χ0) is 15.9. The lowest BCUT2D eigenvalue weighted by atomic mass is 10.3. The summed E-state index contributed by atoms with van der Waals surface area (Å²) in [7, 11) is 1.38. The van der Waals surface area contributed by atoms with Crippen LogP contribution in [-0.4, -0.2) is 23.1 Å². The Morgan fingerprint density at radius 3 is 3.00 bits per heavy atom. The second kappa shape index (κ2) is 6.94. The average Bonchev–Trinajstić information content (AvgIpc) is 3.04. The lowest BCUT2D eigenvalue weighted by molar-refractivity contribution is 0.210. The van der Waals surface area contributed by atoms with Gasteiger partial charge in [-0.1, -0.05) is 0 Å². The number of hydrogen-bond acceptors (Lipinski definition) is 5. The number of diazo groups is 1. The minimum absolute atomic E-state index is 0.111. The largest absolute Gasteiger partial charge is 0.491 e. The lowest BCUT2D eigenvalue weighted by Crippen LogP contribution is -2.35. The van der Waals surface area contributed by atoms with Crippen molar-refractivity contribution in [3.63, 3.8) is 0 Å². The molecule has 0 atom stereocenters. The van der Waals surface area contributed by atoms with E-state index >= 15 is 0 Å². The topological polar surface area (TPSA) is 116 Å². The number of ether oxygens (including phenoxy) is 1. The number of aromatic nitrogens is 1. The van der Waals surface area contributed by atoms with Crippen LogP contribution in [0.1, 0.15) is 11.5 Å². The van der Waals surface area contributed by atoms with Crippen LogP contribution in [0.5, 0.6) is 5.75 Å². The van der Waals surface area contributed by atoms with Gasteiger partial charge in [0.25, 0.3) is 5.39 Å². The Hall–Kier alpha value is -3.28. The Morgan fingerprint density at radius 2 is 2.41 bits per heavy atom. The molecule has 2 N–H and O–H groups in total. The van der Waals surface area contributed by atoms with Crippen molar-refractivity contribution in [1.29, 1.82) is 5.39 Å². The molecule has 114 valence electrons. The van der Waals surface area contributed by atoms with Crippen molar-refractivity contribution in [3.8, 4) is 5.75 Å². The molecule has 9 nitrogen and oxygen atoms in total. The van der Waals surface area contributed by atoms with E-state index in [4.69, 9.17) is 14.5 Å². The predicted molar refractivity (Wildman–Crippen MR) is 75.2 cm³/mol. The molecule has 2 rings (SSSR count). The summed E-state index contributed by atoms with van der Waals surface area (Å²) in [4.78, 5) is 26.3. The maximum Gasteiger partial charge on any atom is 0.391 e. The zero-order valence-electron chi connectivity index (χ0n) is 11.8. The molecule has 0 spiro atoms. The van der Waals surface area contributed by atoms with E-state index in [1.807, 2.05) is 0 Å². The SMILES string of the molecule is COc1c[nH]c(CN([N+]#N)C(=O)NCc2ccco2)cc1=O. The number of rotatable bonds is 5. The molecule has 0 aromatic carbocycles. The van der Waals surface area contributed by atoms with Crippen molar-refractivity contribution in [2.75, 3.05) is 7.11 Å². The molecule has 2 aromatic rings. The number of furan rings is 1. The molecule has 22 heavy (non-hydrogen) atoms. The molecule has 0 radical (unpaired) electrons. The first kappa shape index (κ1) is 15.1. The molecule has 0 aliphatic rings. The molecule has 0 saturated carbocycles. The number of pyridine rings is 1. The van der Waals surface area contributed by atoms with Gasteiger partial charge in [-0.05, 0) is 12.1 Å². The smallest absolute Gasteiger partial charge is 0.391 e. The number of amides is 2. The quantitative estimate of drug-likeness (QED) is 0.640. The maximum absolute atomic E-state index is 11.9. The van der Waals surface area contributed by atoms with Crippen LogP contribution in [0.4, 0.5) is 4.79 Å². The summed E-state index contributed by atoms with van der Waals surface area (Å²) >= 11 is 0. The Balaban J connectivity index is 1.99. The van der Waals surface area contributed by atoms with Crippen LogP contribution in [0, 0.1) is 5.39 Å². The Kier molecular flexibility index (Phi) is 4.77. The molecule has 2 amide bonds. The van der Waals surface area contributed by atoms with Crippen LogP contribution in [0.15, 0.2) is 39.9 Å². The van der Waals surface area contributed by atoms with Crippen molar-refractivity contribution < 1.29 is 13.9 Å². The second-order valence-electron chi connectivity index (χ2n) is 4.28. The number of hydrogen-bond donors (Lipinski definition) is 2. The van der Waals surface area contributed by atoms with E-state index in [-0.39, 0.29) is 24.3 Å². The minimum Gasteiger partial charge on any atom is -0.491 e. The first-order valence-electron chi connectivity index (χ1n) is 6.32. The third-order valence-electron chi connectivity index (χ3n) is 2.81. The molecule has 9 heteroatoms. The van der Waals surface area contributed by atoms with Crippen LogP contribution >= 0.6 is 0 Å². The molecule has 0 aliphatic carbocycles. The summed E-state index contributed by atoms with van der Waals surface area (Å²) in [5.74, 6) is 0.711. The van der Waals surface area contributed by atoms with Crippen molar-refractivity contribution in [2.45, 2.75) is 13.1 Å². The Bertz CT molecular complexity index is 732. The lowest BCUT2D eigenvalue weighted by Gasteiger charge is -2.06. The van der Waals surface area contributed by atoms with E-state index in [9.17, 15) is 9.59 Å². The summed E-state index contributed by atoms with van der Waals surface area (Å²) < 4.78 is 9.91. The van der Waals surface area contributed by atoms with E-state index in [1.54, 1.807) is 12.1 Å². The molecule has 2 aromatic heterocycles. The van der Waals surface area contributed by atoms with E-state index in [0.29, 0.717) is 11.5 Å². The third-order valence-corrected chi connectivity index (χ3v) is 2.81. The monoisotopic (exact) mass is 304 g/mol. The van der Waals surface area contributed by atoms with E-state index < -0.39 is 6.03 Å². The first-order valence-corrected chi connectivity index (χ1v) is 6.32. The Labute approximate surface area is 125 Å². The van der Waals surface area contributed by atoms with E-state index in [2.05, 4.69) is 15.4 Å². The standard InChI is InChI=1S/C13H13N5O4/c1-21-12-7-15-9(5-11(12)19)8-18(17-14)13(20)16-6-10-3-2-4-22-10/h2-5,7H,6,8H2,1H3,(H-,15,16,19,20)/p+1. The van der Waals surface area contributed by atoms with Crippen LogP contribution in [0.25, 0.3) is 5.08 Å². The second-order valence-corrected chi connectivity index (χ2v) is 4.28. The van der Waals surface area contributed by atoms with Gasteiger partial charge in [0, 0.05) is 18.0 Å². The fraction of sp³-hybridized carbons (Fsp3) is 0.231. The molecule has 2 heterocycles. The number of H-pyrrole nitrogens is 1. The number of nitrogens with zero attached hydrogens (tertiary/aromatic N) is 3. The molecule has 0 unspecified atom stereocenters. The highest BCUT2D eigenvalue weighted by Crippen LogP contribution is 2.06. The van der Waals surface area contributed by atoms with Gasteiger partial charge in [-0.2, -0.15) is 0 Å². The van der Waals surface area contributed by atoms with Gasteiger partial charge in [-0.3, -0.25) is 4.79 Å². The fourth-order valence-corrected chi connectivity index (χ4v) is 1.72. The first-order chi connectivity index (χ1) is 10.6. The van der Waals surface area contributed by atoms with Gasteiger partial charge < -0.3 is 19.5 Å². The highest BCUT2D eigenvalue weighted by Gasteiger charge is 2.25. The summed E-state index contributed by atoms with van der Waals surface area (Å²) in [6, 6.07) is 4.01. The van der Waals surface area contributed by atoms with Gasteiger partial charge in [-0.15, -0.1) is 0 Å². The highest BCUT2D eigenvalue weighted by molar-refractivity contribution is 5.74. The van der Waals surface area contributed by atoms with Gasteiger partial charge in [0.1, 0.15) is 12.3 Å². The third kappa shape index (κ3) is 3.63. The van der Waals surface area contributed by atoms with Gasteiger partial charge in [0.2, 0.25) is 5.43 Å². The van der Waals surface area contributed by atoms with Crippen molar-refractivity contribution in [1.82, 2.24) is 15.3 Å².